The van der Waals surface area contributed by atoms with E-state index in [1.54, 1.807) is 4.68 Å². The fourth-order valence-electron chi connectivity index (χ4n) is 1.68. The fraction of sp³-hybridized carbons (Fsp3) is 0.0769. The molecule has 2 heterocycles. The van der Waals surface area contributed by atoms with Crippen molar-refractivity contribution in [3.8, 4) is 0 Å². The van der Waals surface area contributed by atoms with Gasteiger partial charge < -0.3 is 4.42 Å². The highest BCUT2D eigenvalue weighted by Gasteiger charge is 2.00. The number of benzene rings is 1. The van der Waals surface area contributed by atoms with Crippen molar-refractivity contribution in [1.82, 2.24) is 15.0 Å². The van der Waals surface area contributed by atoms with Gasteiger partial charge in [0.05, 0.1) is 5.52 Å². The third-order valence-corrected chi connectivity index (χ3v) is 2.52. The third kappa shape index (κ3) is 1.85. The molecule has 84 valence electrons. The maximum Gasteiger partial charge on any atom is 0.128 e. The molecule has 0 spiro atoms. The van der Waals surface area contributed by atoms with Crippen molar-refractivity contribution in [3.63, 3.8) is 0 Å². The molecule has 3 rings (SSSR count). The van der Waals surface area contributed by atoms with E-state index in [0.29, 0.717) is 0 Å². The van der Waals surface area contributed by atoms with Gasteiger partial charge in [-0.05, 0) is 37.3 Å². The summed E-state index contributed by atoms with van der Waals surface area (Å²) < 4.78 is 7.17. The van der Waals surface area contributed by atoms with Crippen molar-refractivity contribution in [2.75, 3.05) is 0 Å². The van der Waals surface area contributed by atoms with E-state index < -0.39 is 0 Å². The molecule has 0 unspecified atom stereocenters. The Kier molecular flexibility index (Phi) is 2.26. The number of rotatable bonds is 2. The summed E-state index contributed by atoms with van der Waals surface area (Å²) in [6.45, 7) is 1.92. The Bertz CT molecular complexity index is 679. The van der Waals surface area contributed by atoms with E-state index in [4.69, 9.17) is 4.42 Å². The lowest BCUT2D eigenvalue weighted by Crippen LogP contribution is -1.87. The first-order valence-electron chi connectivity index (χ1n) is 5.37. The molecule has 0 aliphatic carbocycles. The summed E-state index contributed by atoms with van der Waals surface area (Å²) in [6, 6.07) is 11.7. The van der Waals surface area contributed by atoms with E-state index >= 15 is 0 Å². The van der Waals surface area contributed by atoms with E-state index in [0.717, 1.165) is 22.6 Å². The maximum absolute atomic E-state index is 5.45. The van der Waals surface area contributed by atoms with Crippen LogP contribution in [0.1, 0.15) is 11.5 Å². The minimum atomic E-state index is 0.807. The first-order valence-corrected chi connectivity index (χ1v) is 5.37. The average molecular weight is 225 g/mol. The molecular weight excluding hydrogens is 214 g/mol. The molecule has 0 bridgehead atoms. The predicted octanol–water partition coefficient (Wildman–Crippen LogP) is 2.96. The minimum absolute atomic E-state index is 0.807. The topological polar surface area (TPSA) is 43.9 Å². The van der Waals surface area contributed by atoms with E-state index in [-0.39, 0.29) is 0 Å². The Morgan fingerprint density at radius 2 is 2.06 bits per heavy atom. The second-order valence-corrected chi connectivity index (χ2v) is 3.79. The zero-order valence-electron chi connectivity index (χ0n) is 9.37. The fourth-order valence-corrected chi connectivity index (χ4v) is 1.68. The second kappa shape index (κ2) is 3.90. The summed E-state index contributed by atoms with van der Waals surface area (Å²) in [6.07, 6.45) is 3.71. The SMILES string of the molecule is Cc1ccc(/C=C/n2nnc3ccccc32)o1. The molecule has 0 saturated carbocycles. The molecule has 0 radical (unpaired) electrons. The summed E-state index contributed by atoms with van der Waals surface area (Å²) in [5.74, 6) is 1.70. The van der Waals surface area contributed by atoms with Crippen LogP contribution in [0.2, 0.25) is 0 Å². The molecule has 17 heavy (non-hydrogen) atoms. The van der Waals surface area contributed by atoms with Crippen LogP contribution in [0.15, 0.2) is 40.8 Å². The molecule has 0 atom stereocenters. The Morgan fingerprint density at radius 3 is 2.88 bits per heavy atom. The Hall–Kier alpha value is -2.36. The predicted molar refractivity (Wildman–Crippen MR) is 66.2 cm³/mol. The average Bonchev–Trinajstić information content (AvgIpc) is 2.93. The molecule has 4 nitrogen and oxygen atoms in total. The van der Waals surface area contributed by atoms with Crippen molar-refractivity contribution in [3.05, 3.63) is 47.9 Å². The van der Waals surface area contributed by atoms with Crippen LogP contribution in [-0.2, 0) is 0 Å². The van der Waals surface area contributed by atoms with E-state index in [1.165, 1.54) is 0 Å². The molecule has 0 aliphatic rings. The molecule has 4 heteroatoms. The molecule has 0 fully saturated rings. The minimum Gasteiger partial charge on any atom is -0.462 e. The van der Waals surface area contributed by atoms with Gasteiger partial charge in [0.1, 0.15) is 17.0 Å². The van der Waals surface area contributed by atoms with Gasteiger partial charge in [0.25, 0.3) is 0 Å². The van der Waals surface area contributed by atoms with Gasteiger partial charge in [-0.3, -0.25) is 0 Å². The van der Waals surface area contributed by atoms with Crippen LogP contribution in [0, 0.1) is 6.92 Å². The molecule has 1 aromatic carbocycles. The summed E-state index contributed by atoms with van der Waals surface area (Å²) in [5, 5.41) is 8.12. The third-order valence-electron chi connectivity index (χ3n) is 2.52. The quantitative estimate of drug-likeness (QED) is 0.673. The number of aromatic nitrogens is 3. The molecule has 0 amide bonds. The van der Waals surface area contributed by atoms with Gasteiger partial charge in [-0.2, -0.15) is 0 Å². The standard InChI is InChI=1S/C13H11N3O/c1-10-6-7-11(17-10)8-9-16-13-5-3-2-4-12(13)14-15-16/h2-9H,1H3/b9-8+. The lowest BCUT2D eigenvalue weighted by Gasteiger charge is -1.92. The number of nitrogens with zero attached hydrogens (tertiary/aromatic N) is 3. The number of hydrogen-bond donors (Lipinski definition) is 0. The summed E-state index contributed by atoms with van der Waals surface area (Å²) in [4.78, 5) is 0. The van der Waals surface area contributed by atoms with Crippen LogP contribution in [0.5, 0.6) is 0 Å². The lowest BCUT2D eigenvalue weighted by atomic mass is 10.3. The Balaban J connectivity index is 1.97. The molecule has 0 saturated heterocycles. The zero-order chi connectivity index (χ0) is 11.7. The molecule has 3 aromatic rings. The van der Waals surface area contributed by atoms with Crippen LogP contribution >= 0.6 is 0 Å². The van der Waals surface area contributed by atoms with Crippen molar-refractivity contribution in [1.29, 1.82) is 0 Å². The number of furan rings is 1. The van der Waals surface area contributed by atoms with E-state index in [1.807, 2.05) is 55.6 Å². The first kappa shape index (κ1) is 9.84. The smallest absolute Gasteiger partial charge is 0.128 e. The number of para-hydroxylation sites is 1. The normalized spacial score (nSPS) is 11.6. The van der Waals surface area contributed by atoms with Crippen LogP contribution in [-0.4, -0.2) is 15.0 Å². The molecule has 0 aliphatic heterocycles. The molecule has 2 aromatic heterocycles. The van der Waals surface area contributed by atoms with Gasteiger partial charge in [0, 0.05) is 6.20 Å². The van der Waals surface area contributed by atoms with Crippen LogP contribution in [0.3, 0.4) is 0 Å². The number of aryl methyl sites for hydroxylation is 1. The second-order valence-electron chi connectivity index (χ2n) is 3.79. The number of hydrogen-bond acceptors (Lipinski definition) is 3. The largest absolute Gasteiger partial charge is 0.462 e. The Morgan fingerprint density at radius 1 is 1.18 bits per heavy atom. The van der Waals surface area contributed by atoms with E-state index in [2.05, 4.69) is 10.3 Å². The van der Waals surface area contributed by atoms with Crippen molar-refractivity contribution < 1.29 is 4.42 Å². The van der Waals surface area contributed by atoms with Gasteiger partial charge in [-0.1, -0.05) is 17.3 Å². The van der Waals surface area contributed by atoms with Gasteiger partial charge >= 0.3 is 0 Å². The summed E-state index contributed by atoms with van der Waals surface area (Å²) >= 11 is 0. The van der Waals surface area contributed by atoms with Gasteiger partial charge in [-0.15, -0.1) is 5.10 Å². The van der Waals surface area contributed by atoms with Crippen molar-refractivity contribution in [2.45, 2.75) is 6.92 Å². The van der Waals surface area contributed by atoms with Crippen LogP contribution in [0.25, 0.3) is 23.3 Å². The van der Waals surface area contributed by atoms with Gasteiger partial charge in [-0.25, -0.2) is 4.68 Å². The highest BCUT2D eigenvalue weighted by Crippen LogP contribution is 2.12. The first-order chi connectivity index (χ1) is 8.33. The van der Waals surface area contributed by atoms with Crippen molar-refractivity contribution >= 4 is 23.3 Å². The Labute approximate surface area is 98.2 Å². The van der Waals surface area contributed by atoms with E-state index in [9.17, 15) is 0 Å². The zero-order valence-corrected chi connectivity index (χ0v) is 9.37. The van der Waals surface area contributed by atoms with Crippen LogP contribution in [0.4, 0.5) is 0 Å². The lowest BCUT2D eigenvalue weighted by molar-refractivity contribution is 0.525. The van der Waals surface area contributed by atoms with Crippen LogP contribution < -0.4 is 0 Å². The highest BCUT2D eigenvalue weighted by atomic mass is 16.3. The van der Waals surface area contributed by atoms with Gasteiger partial charge in [0.2, 0.25) is 0 Å². The summed E-state index contributed by atoms with van der Waals surface area (Å²) in [5.41, 5.74) is 1.86. The molecular formula is C13H11N3O. The monoisotopic (exact) mass is 225 g/mol. The summed E-state index contributed by atoms with van der Waals surface area (Å²) in [7, 11) is 0. The molecule has 0 N–H and O–H groups in total. The van der Waals surface area contributed by atoms with Crippen molar-refractivity contribution in [2.24, 2.45) is 0 Å². The maximum atomic E-state index is 5.45. The van der Waals surface area contributed by atoms with Gasteiger partial charge in [0.15, 0.2) is 0 Å². The highest BCUT2D eigenvalue weighted by molar-refractivity contribution is 5.77. The number of fused-ring (bicyclic) bond motifs is 1.